The van der Waals surface area contributed by atoms with Crippen LogP contribution < -0.4 is 9.44 Å². The number of hydrogen-bond acceptors (Lipinski definition) is 5. The number of aliphatic hydroxyl groups is 1. The highest BCUT2D eigenvalue weighted by molar-refractivity contribution is 7.88. The van der Waals surface area contributed by atoms with Crippen molar-refractivity contribution in [3.63, 3.8) is 0 Å². The van der Waals surface area contributed by atoms with E-state index in [1.807, 2.05) is 0 Å². The predicted molar refractivity (Wildman–Crippen MR) is 76.3 cm³/mol. The highest BCUT2D eigenvalue weighted by Crippen LogP contribution is 2.07. The maximum Gasteiger partial charge on any atom is 0.421 e. The number of ether oxygens (including phenoxy) is 1. The Morgan fingerprint density at radius 2 is 2.10 bits per heavy atom. The van der Waals surface area contributed by atoms with E-state index in [2.05, 4.69) is 21.3 Å². The molecule has 1 rings (SSSR count). The Morgan fingerprint density at radius 1 is 1.38 bits per heavy atom. The summed E-state index contributed by atoms with van der Waals surface area (Å²) >= 11 is 0. The molecule has 3 N–H and O–H groups in total. The standard InChI is InChI=1S/C13H16N2O5S/c1-20-13(17)15-21(18,19)14-10-12-8-3-2-6-11(12)7-4-5-9-16/h2-3,6,8,14,16H,5,9-10H2,1H3,(H,15,17). The lowest BCUT2D eigenvalue weighted by atomic mass is 10.1. The Morgan fingerprint density at radius 3 is 2.76 bits per heavy atom. The zero-order chi connectivity index (χ0) is 15.7. The van der Waals surface area contributed by atoms with Gasteiger partial charge in [-0.1, -0.05) is 30.0 Å². The van der Waals surface area contributed by atoms with Gasteiger partial charge in [-0.05, 0) is 11.6 Å². The van der Waals surface area contributed by atoms with Gasteiger partial charge in [0.15, 0.2) is 0 Å². The molecular weight excluding hydrogens is 296 g/mol. The lowest BCUT2D eigenvalue weighted by Gasteiger charge is -2.08. The lowest BCUT2D eigenvalue weighted by Crippen LogP contribution is -2.39. The fourth-order valence-electron chi connectivity index (χ4n) is 1.37. The molecule has 8 heteroatoms. The van der Waals surface area contributed by atoms with Crippen molar-refractivity contribution in [2.75, 3.05) is 13.7 Å². The zero-order valence-corrected chi connectivity index (χ0v) is 12.2. The van der Waals surface area contributed by atoms with Crippen LogP contribution in [0.5, 0.6) is 0 Å². The number of hydrogen-bond donors (Lipinski definition) is 3. The highest BCUT2D eigenvalue weighted by Gasteiger charge is 2.14. The van der Waals surface area contributed by atoms with Gasteiger partial charge in [-0.2, -0.15) is 13.1 Å². The Bertz CT molecular complexity index is 646. The third-order valence-corrected chi connectivity index (χ3v) is 3.29. The van der Waals surface area contributed by atoms with Crippen molar-refractivity contribution < 1.29 is 23.1 Å². The van der Waals surface area contributed by atoms with E-state index in [4.69, 9.17) is 5.11 Å². The Kier molecular flexibility index (Phi) is 6.68. The van der Waals surface area contributed by atoms with Crippen LogP contribution in [0.15, 0.2) is 24.3 Å². The molecule has 21 heavy (non-hydrogen) atoms. The smallest absolute Gasteiger partial charge is 0.421 e. The van der Waals surface area contributed by atoms with E-state index < -0.39 is 16.3 Å². The van der Waals surface area contributed by atoms with E-state index in [9.17, 15) is 13.2 Å². The predicted octanol–water partition coefficient (Wildman–Crippen LogP) is 0.111. The molecule has 0 radical (unpaired) electrons. The number of benzene rings is 1. The van der Waals surface area contributed by atoms with Gasteiger partial charge in [-0.25, -0.2) is 9.52 Å². The second-order valence-electron chi connectivity index (χ2n) is 3.85. The van der Waals surface area contributed by atoms with Crippen LogP contribution in [0, 0.1) is 11.8 Å². The number of carbonyl (C=O) groups is 1. The first-order valence-electron chi connectivity index (χ1n) is 6.01. The molecule has 0 bridgehead atoms. The van der Waals surface area contributed by atoms with Crippen LogP contribution in [0.4, 0.5) is 4.79 Å². The minimum atomic E-state index is -4.00. The van der Waals surface area contributed by atoms with Gasteiger partial charge in [0, 0.05) is 18.5 Å². The third-order valence-electron chi connectivity index (χ3n) is 2.33. The number of amides is 1. The maximum absolute atomic E-state index is 11.6. The van der Waals surface area contributed by atoms with Crippen LogP contribution in [-0.2, 0) is 21.5 Å². The second kappa shape index (κ2) is 8.26. The topological polar surface area (TPSA) is 105 Å². The Labute approximate surface area is 123 Å². The molecule has 0 fully saturated rings. The SMILES string of the molecule is COC(=O)NS(=O)(=O)NCc1ccccc1C#CCCO. The summed E-state index contributed by atoms with van der Waals surface area (Å²) in [7, 11) is -2.93. The number of carbonyl (C=O) groups excluding carboxylic acids is 1. The molecule has 0 aromatic heterocycles. The molecule has 0 unspecified atom stereocenters. The van der Waals surface area contributed by atoms with Crippen molar-refractivity contribution in [3.05, 3.63) is 35.4 Å². The van der Waals surface area contributed by atoms with Gasteiger partial charge in [-0.15, -0.1) is 0 Å². The summed E-state index contributed by atoms with van der Waals surface area (Å²) in [6.45, 7) is -0.0683. The highest BCUT2D eigenvalue weighted by atomic mass is 32.2. The summed E-state index contributed by atoms with van der Waals surface area (Å²) in [5.41, 5.74) is 1.30. The number of nitrogens with one attached hydrogen (secondary N) is 2. The summed E-state index contributed by atoms with van der Waals surface area (Å²) in [5.74, 6) is 5.61. The largest absolute Gasteiger partial charge is 0.452 e. The summed E-state index contributed by atoms with van der Waals surface area (Å²) in [6, 6.07) is 6.97. The molecule has 0 saturated heterocycles. The van der Waals surface area contributed by atoms with Crippen molar-refractivity contribution in [2.45, 2.75) is 13.0 Å². The van der Waals surface area contributed by atoms with Crippen LogP contribution >= 0.6 is 0 Å². The average molecular weight is 312 g/mol. The van der Waals surface area contributed by atoms with Gasteiger partial charge in [0.25, 0.3) is 0 Å². The quantitative estimate of drug-likeness (QED) is 0.669. The Balaban J connectivity index is 2.76. The van der Waals surface area contributed by atoms with Crippen molar-refractivity contribution >= 4 is 16.3 Å². The monoisotopic (exact) mass is 312 g/mol. The summed E-state index contributed by atoms with van der Waals surface area (Å²) in [6.07, 6.45) is -0.734. The summed E-state index contributed by atoms with van der Waals surface area (Å²) in [4.78, 5) is 10.9. The number of rotatable bonds is 5. The maximum atomic E-state index is 11.6. The van der Waals surface area contributed by atoms with Crippen LogP contribution in [0.25, 0.3) is 0 Å². The van der Waals surface area contributed by atoms with Crippen molar-refractivity contribution in [2.24, 2.45) is 0 Å². The van der Waals surface area contributed by atoms with Gasteiger partial charge in [-0.3, -0.25) is 0 Å². The fourth-order valence-corrected chi connectivity index (χ4v) is 2.09. The normalized spacial score (nSPS) is 10.4. The molecular formula is C13H16N2O5S. The molecule has 7 nitrogen and oxygen atoms in total. The first-order chi connectivity index (χ1) is 9.98. The van der Waals surface area contributed by atoms with Gasteiger partial charge in [0.1, 0.15) is 0 Å². The molecule has 0 spiro atoms. The zero-order valence-electron chi connectivity index (χ0n) is 11.4. The summed E-state index contributed by atoms with van der Waals surface area (Å²) < 4.78 is 31.2. The van der Waals surface area contributed by atoms with Gasteiger partial charge in [0.2, 0.25) is 0 Å². The lowest BCUT2D eigenvalue weighted by molar-refractivity contribution is 0.177. The van der Waals surface area contributed by atoms with Crippen molar-refractivity contribution in [3.8, 4) is 11.8 Å². The molecule has 0 saturated carbocycles. The van der Waals surface area contributed by atoms with Crippen molar-refractivity contribution in [1.29, 1.82) is 0 Å². The van der Waals surface area contributed by atoms with E-state index in [-0.39, 0.29) is 13.2 Å². The van der Waals surface area contributed by atoms with Gasteiger partial charge in [0.05, 0.1) is 13.7 Å². The number of methoxy groups -OCH3 is 1. The molecule has 1 aromatic carbocycles. The minimum absolute atomic E-state index is 0.0314. The third kappa shape index (κ3) is 6.27. The molecule has 0 heterocycles. The van der Waals surface area contributed by atoms with Gasteiger partial charge < -0.3 is 9.84 Å². The minimum Gasteiger partial charge on any atom is -0.452 e. The van der Waals surface area contributed by atoms with Crippen LogP contribution in [0.3, 0.4) is 0 Å². The Hall–Kier alpha value is -2.08. The van der Waals surface area contributed by atoms with E-state index in [0.29, 0.717) is 17.5 Å². The molecule has 0 aliphatic rings. The van der Waals surface area contributed by atoms with Gasteiger partial charge >= 0.3 is 16.3 Å². The number of aliphatic hydroxyl groups excluding tert-OH is 1. The summed E-state index contributed by atoms with van der Waals surface area (Å²) in [5, 5.41) is 8.68. The molecule has 0 aliphatic carbocycles. The first kappa shape index (κ1) is 17.0. The fraction of sp³-hybridized carbons (Fsp3) is 0.308. The average Bonchev–Trinajstić information content (AvgIpc) is 2.46. The molecule has 1 amide bonds. The molecule has 114 valence electrons. The van der Waals surface area contributed by atoms with E-state index in [1.54, 1.807) is 29.0 Å². The van der Waals surface area contributed by atoms with Crippen LogP contribution in [-0.4, -0.2) is 33.3 Å². The van der Waals surface area contributed by atoms with Crippen LogP contribution in [0.1, 0.15) is 17.5 Å². The van der Waals surface area contributed by atoms with E-state index in [0.717, 1.165) is 7.11 Å². The van der Waals surface area contributed by atoms with Crippen molar-refractivity contribution in [1.82, 2.24) is 9.44 Å². The van der Waals surface area contributed by atoms with E-state index >= 15 is 0 Å². The molecule has 0 aliphatic heterocycles. The molecule has 0 atom stereocenters. The van der Waals surface area contributed by atoms with E-state index in [1.165, 1.54) is 0 Å². The van der Waals surface area contributed by atoms with Crippen LogP contribution in [0.2, 0.25) is 0 Å². The second-order valence-corrected chi connectivity index (χ2v) is 5.35. The molecule has 1 aromatic rings. The first-order valence-corrected chi connectivity index (χ1v) is 7.50.